The Balaban J connectivity index is 1.58. The number of nitrogens with zero attached hydrogens (tertiary/aromatic N) is 4. The third kappa shape index (κ3) is 4.12. The van der Waals surface area contributed by atoms with E-state index in [0.717, 1.165) is 0 Å². The molecule has 0 radical (unpaired) electrons. The molecule has 1 amide bonds. The van der Waals surface area contributed by atoms with Crippen molar-refractivity contribution in [2.45, 2.75) is 32.4 Å². The van der Waals surface area contributed by atoms with E-state index in [-0.39, 0.29) is 29.8 Å². The van der Waals surface area contributed by atoms with Gasteiger partial charge in [0.15, 0.2) is 23.0 Å². The smallest absolute Gasteiger partial charge is 0.268 e. The molecule has 1 aliphatic rings. The normalized spacial score (nSPS) is 13.0. The Morgan fingerprint density at radius 1 is 1.33 bits per heavy atom. The van der Waals surface area contributed by atoms with Crippen LogP contribution in [0.2, 0.25) is 0 Å². The van der Waals surface area contributed by atoms with E-state index in [4.69, 9.17) is 9.47 Å². The molecule has 0 atom stereocenters. The van der Waals surface area contributed by atoms with Gasteiger partial charge in [-0.15, -0.1) is 11.3 Å². The zero-order valence-electron chi connectivity index (χ0n) is 17.8. The van der Waals surface area contributed by atoms with Crippen molar-refractivity contribution >= 4 is 34.1 Å². The van der Waals surface area contributed by atoms with Gasteiger partial charge in [0.25, 0.3) is 5.91 Å². The van der Waals surface area contributed by atoms with Crippen LogP contribution in [0, 0.1) is 5.82 Å². The number of hydrogen-bond acceptors (Lipinski definition) is 8. The zero-order chi connectivity index (χ0) is 23.2. The van der Waals surface area contributed by atoms with Gasteiger partial charge in [-0.2, -0.15) is 5.10 Å². The topological polar surface area (TPSA) is 111 Å². The maximum absolute atomic E-state index is 15.1. The first-order chi connectivity index (χ1) is 15.8. The van der Waals surface area contributed by atoms with Crippen LogP contribution in [0.4, 0.5) is 10.2 Å². The van der Waals surface area contributed by atoms with Gasteiger partial charge in [-0.05, 0) is 38.5 Å². The number of rotatable bonds is 6. The number of nitrogens with one attached hydrogen (secondary N) is 1. The van der Waals surface area contributed by atoms with Crippen molar-refractivity contribution in [3.05, 3.63) is 46.8 Å². The summed E-state index contributed by atoms with van der Waals surface area (Å²) in [6, 6.07) is 4.96. The molecule has 0 fully saturated rings. The fraction of sp³-hybridized carbons (Fsp3) is 0.273. The van der Waals surface area contributed by atoms with Crippen molar-refractivity contribution < 1.29 is 23.8 Å². The van der Waals surface area contributed by atoms with Crippen LogP contribution >= 0.6 is 11.3 Å². The van der Waals surface area contributed by atoms with Crippen molar-refractivity contribution in [2.75, 3.05) is 12.1 Å². The quantitative estimate of drug-likeness (QED) is 0.441. The first-order valence-electron chi connectivity index (χ1n) is 10.2. The molecule has 9 nitrogen and oxygen atoms in total. The number of fused-ring (bicyclic) bond motifs is 2. The van der Waals surface area contributed by atoms with Crippen LogP contribution in [0.15, 0.2) is 36.1 Å². The maximum Gasteiger partial charge on any atom is 0.268 e. The van der Waals surface area contributed by atoms with Crippen LogP contribution < -0.4 is 14.8 Å². The number of aromatic nitrogens is 4. The lowest BCUT2D eigenvalue weighted by Gasteiger charge is -2.16. The number of carbonyl (C=O) groups is 1. The Bertz CT molecular complexity index is 1350. The lowest BCUT2D eigenvalue weighted by Crippen LogP contribution is -2.21. The molecular weight excluding hydrogens is 449 g/mol. The number of aliphatic hydroxyl groups is 1. The highest BCUT2D eigenvalue weighted by molar-refractivity contribution is 7.11. The number of pyridine rings is 1. The van der Waals surface area contributed by atoms with Crippen LogP contribution in [-0.4, -0.2) is 43.2 Å². The van der Waals surface area contributed by atoms with Gasteiger partial charge in [0.05, 0.1) is 22.7 Å². The van der Waals surface area contributed by atoms with Gasteiger partial charge in [-0.3, -0.25) is 9.78 Å². The summed E-state index contributed by atoms with van der Waals surface area (Å²) in [6.07, 6.45) is 3.44. The van der Waals surface area contributed by atoms with E-state index < -0.39 is 11.4 Å². The fourth-order valence-corrected chi connectivity index (χ4v) is 4.01. The number of carbonyl (C=O) groups excluding carboxylic acids is 1. The second kappa shape index (κ2) is 8.09. The minimum Gasteiger partial charge on any atom is -0.453 e. The van der Waals surface area contributed by atoms with Gasteiger partial charge in [0, 0.05) is 23.9 Å². The second-order valence-corrected chi connectivity index (χ2v) is 9.10. The van der Waals surface area contributed by atoms with Crippen molar-refractivity contribution in [2.24, 2.45) is 0 Å². The highest BCUT2D eigenvalue weighted by atomic mass is 32.1. The lowest BCUT2D eigenvalue weighted by molar-refractivity contribution is 0.0654. The SMILES string of the molecule is CC(C)(O)CCn1nc(NC(=O)c2cncs2)c2cc(-c3ccc4c(c3F)OCO4)cnc21. The molecular formula is C22H20FN5O4S. The summed E-state index contributed by atoms with van der Waals surface area (Å²) in [5.74, 6) is -0.203. The second-order valence-electron chi connectivity index (χ2n) is 8.21. The molecule has 0 bridgehead atoms. The Morgan fingerprint density at radius 2 is 2.18 bits per heavy atom. The van der Waals surface area contributed by atoms with Crippen molar-refractivity contribution in [3.8, 4) is 22.6 Å². The van der Waals surface area contributed by atoms with Gasteiger partial charge in [0.2, 0.25) is 12.5 Å². The first-order valence-corrected chi connectivity index (χ1v) is 11.1. The van der Waals surface area contributed by atoms with Crippen molar-refractivity contribution in [1.29, 1.82) is 0 Å². The third-order valence-corrected chi connectivity index (χ3v) is 5.97. The summed E-state index contributed by atoms with van der Waals surface area (Å²) in [5.41, 5.74) is 1.95. The molecule has 0 saturated heterocycles. The number of ether oxygens (including phenoxy) is 2. The molecule has 5 rings (SSSR count). The minimum absolute atomic E-state index is 0.0330. The Hall–Kier alpha value is -3.57. The standard InChI is InChI=1S/C22H20FN5O4S/c1-22(2,30)5-6-28-20-14(19(27-28)26-21(29)16-9-24-10-33-16)7-12(8-25-20)13-3-4-15-18(17(13)23)32-11-31-15/h3-4,7-10,30H,5-6,11H2,1-2H3,(H,26,27,29). The monoisotopic (exact) mass is 469 g/mol. The summed E-state index contributed by atoms with van der Waals surface area (Å²) >= 11 is 1.21. The first kappa shape index (κ1) is 21.3. The van der Waals surface area contributed by atoms with E-state index in [1.54, 1.807) is 48.4 Å². The highest BCUT2D eigenvalue weighted by Gasteiger charge is 2.24. The minimum atomic E-state index is -0.903. The molecule has 2 N–H and O–H groups in total. The highest BCUT2D eigenvalue weighted by Crippen LogP contribution is 2.40. The third-order valence-electron chi connectivity index (χ3n) is 5.20. The Labute approximate surface area is 191 Å². The largest absolute Gasteiger partial charge is 0.453 e. The van der Waals surface area contributed by atoms with Crippen LogP contribution in [-0.2, 0) is 6.54 Å². The summed E-state index contributed by atoms with van der Waals surface area (Å²) in [7, 11) is 0. The summed E-state index contributed by atoms with van der Waals surface area (Å²) in [6.45, 7) is 3.76. The van der Waals surface area contributed by atoms with E-state index in [0.29, 0.717) is 40.2 Å². The summed E-state index contributed by atoms with van der Waals surface area (Å²) in [5, 5.41) is 18.0. The van der Waals surface area contributed by atoms with E-state index in [9.17, 15) is 9.90 Å². The van der Waals surface area contributed by atoms with E-state index in [2.05, 4.69) is 20.4 Å². The summed E-state index contributed by atoms with van der Waals surface area (Å²) < 4.78 is 27.2. The number of hydrogen-bond donors (Lipinski definition) is 2. The van der Waals surface area contributed by atoms with Gasteiger partial charge < -0.3 is 19.9 Å². The number of benzene rings is 1. The molecule has 33 heavy (non-hydrogen) atoms. The number of halogens is 1. The van der Waals surface area contributed by atoms with Gasteiger partial charge in [0.1, 0.15) is 4.88 Å². The zero-order valence-corrected chi connectivity index (χ0v) is 18.6. The van der Waals surface area contributed by atoms with E-state index in [1.165, 1.54) is 17.5 Å². The molecule has 0 unspecified atom stereocenters. The van der Waals surface area contributed by atoms with Gasteiger partial charge >= 0.3 is 0 Å². The molecule has 4 heterocycles. The predicted molar refractivity (Wildman–Crippen MR) is 120 cm³/mol. The molecule has 1 aliphatic heterocycles. The molecule has 0 spiro atoms. The fourth-order valence-electron chi connectivity index (χ4n) is 3.49. The average molecular weight is 469 g/mol. The molecule has 0 aliphatic carbocycles. The predicted octanol–water partition coefficient (Wildman–Crippen LogP) is 3.84. The molecule has 170 valence electrons. The van der Waals surface area contributed by atoms with Crippen LogP contribution in [0.1, 0.15) is 29.9 Å². The van der Waals surface area contributed by atoms with E-state index in [1.807, 2.05) is 0 Å². The number of anilines is 1. The Morgan fingerprint density at radius 3 is 2.94 bits per heavy atom. The average Bonchev–Trinajstić information content (AvgIpc) is 3.52. The van der Waals surface area contributed by atoms with Gasteiger partial charge in [-0.25, -0.2) is 14.1 Å². The molecule has 3 aromatic heterocycles. The van der Waals surface area contributed by atoms with Crippen molar-refractivity contribution in [1.82, 2.24) is 19.7 Å². The number of thiazole rings is 1. The molecule has 11 heteroatoms. The van der Waals surface area contributed by atoms with Gasteiger partial charge in [-0.1, -0.05) is 0 Å². The molecule has 0 saturated carbocycles. The summed E-state index contributed by atoms with van der Waals surface area (Å²) in [4.78, 5) is 21.5. The maximum atomic E-state index is 15.1. The molecule has 1 aromatic carbocycles. The van der Waals surface area contributed by atoms with Crippen molar-refractivity contribution in [3.63, 3.8) is 0 Å². The number of amides is 1. The molecule has 4 aromatic rings. The van der Waals surface area contributed by atoms with Crippen LogP contribution in [0.5, 0.6) is 11.5 Å². The van der Waals surface area contributed by atoms with Crippen LogP contribution in [0.25, 0.3) is 22.2 Å². The van der Waals surface area contributed by atoms with E-state index >= 15 is 4.39 Å². The van der Waals surface area contributed by atoms with Crippen LogP contribution in [0.3, 0.4) is 0 Å². The lowest BCUT2D eigenvalue weighted by atomic mass is 10.0. The number of aryl methyl sites for hydroxylation is 1. The Kier molecular flexibility index (Phi) is 5.22.